The van der Waals surface area contributed by atoms with Gasteiger partial charge in [0.2, 0.25) is 0 Å². The largest absolute Gasteiger partial charge is 0.396 e. The van der Waals surface area contributed by atoms with Crippen molar-refractivity contribution in [3.05, 3.63) is 16.4 Å². The van der Waals surface area contributed by atoms with Crippen LogP contribution in [0.25, 0.3) is 0 Å². The fourth-order valence-electron chi connectivity index (χ4n) is 3.09. The predicted octanol–water partition coefficient (Wildman–Crippen LogP) is 2.71. The third kappa shape index (κ3) is 3.54. The maximum Gasteiger partial charge on any atom is 0.0863 e. The molecule has 0 aliphatic carbocycles. The van der Waals surface area contributed by atoms with E-state index in [0.29, 0.717) is 12.5 Å². The van der Waals surface area contributed by atoms with Gasteiger partial charge < -0.3 is 5.11 Å². The second-order valence-corrected chi connectivity index (χ2v) is 6.01. The lowest BCUT2D eigenvalue weighted by molar-refractivity contribution is 0.139. The summed E-state index contributed by atoms with van der Waals surface area (Å²) in [6.07, 6.45) is 4.24. The Hall–Kier alpha value is -0.580. The Morgan fingerprint density at radius 3 is 2.85 bits per heavy atom. The molecule has 4 nitrogen and oxygen atoms in total. The molecule has 20 heavy (non-hydrogen) atoms. The van der Waals surface area contributed by atoms with Gasteiger partial charge in [0.25, 0.3) is 0 Å². The minimum atomic E-state index is 0.298. The topological polar surface area (TPSA) is 41.3 Å². The first-order valence-corrected chi connectivity index (χ1v) is 8.14. The second-order valence-electron chi connectivity index (χ2n) is 5.63. The fraction of sp³-hybridized carbons (Fsp3) is 0.800. The average molecular weight is 300 g/mol. The molecule has 1 aliphatic rings. The lowest BCUT2D eigenvalue weighted by atomic mass is 9.95. The molecular weight excluding hydrogens is 274 g/mol. The van der Waals surface area contributed by atoms with E-state index in [4.69, 9.17) is 16.7 Å². The maximum atomic E-state index is 9.10. The molecule has 5 heteroatoms. The molecule has 1 aromatic rings. The highest BCUT2D eigenvalue weighted by atomic mass is 35.5. The number of hydrogen-bond acceptors (Lipinski definition) is 3. The first kappa shape index (κ1) is 15.8. The van der Waals surface area contributed by atoms with Gasteiger partial charge in [-0.3, -0.25) is 9.58 Å². The van der Waals surface area contributed by atoms with Crippen LogP contribution in [0.2, 0.25) is 5.02 Å². The summed E-state index contributed by atoms with van der Waals surface area (Å²) < 4.78 is 2.04. The second kappa shape index (κ2) is 7.43. The Kier molecular flexibility index (Phi) is 5.87. The van der Waals surface area contributed by atoms with E-state index in [1.54, 1.807) is 0 Å². The van der Waals surface area contributed by atoms with Crippen LogP contribution in [-0.4, -0.2) is 39.5 Å². The standard InChI is InChI=1S/C15H26ClN3O/c1-3-13-15(16)14(19(4-2)17-13)11-18-8-5-6-12(10-18)7-9-20/h12,20H,3-11H2,1-2H3. The first-order chi connectivity index (χ1) is 9.69. The molecule has 114 valence electrons. The lowest BCUT2D eigenvalue weighted by Crippen LogP contribution is -2.35. The van der Waals surface area contributed by atoms with Crippen molar-refractivity contribution in [3.63, 3.8) is 0 Å². The van der Waals surface area contributed by atoms with E-state index in [1.165, 1.54) is 12.8 Å². The molecule has 1 atom stereocenters. The smallest absolute Gasteiger partial charge is 0.0863 e. The van der Waals surface area contributed by atoms with Crippen molar-refractivity contribution in [2.75, 3.05) is 19.7 Å². The highest BCUT2D eigenvalue weighted by molar-refractivity contribution is 6.31. The Labute approximate surface area is 126 Å². The minimum Gasteiger partial charge on any atom is -0.396 e. The van der Waals surface area contributed by atoms with Gasteiger partial charge in [0.15, 0.2) is 0 Å². The number of piperidine rings is 1. The average Bonchev–Trinajstić information content (AvgIpc) is 2.76. The van der Waals surface area contributed by atoms with Crippen molar-refractivity contribution in [2.24, 2.45) is 5.92 Å². The SMILES string of the molecule is CCc1nn(CC)c(CN2CCCC(CCO)C2)c1Cl. The number of hydrogen-bond donors (Lipinski definition) is 1. The van der Waals surface area contributed by atoms with Crippen molar-refractivity contribution in [1.29, 1.82) is 0 Å². The predicted molar refractivity (Wildman–Crippen MR) is 82.0 cm³/mol. The highest BCUT2D eigenvalue weighted by Crippen LogP contribution is 2.26. The van der Waals surface area contributed by atoms with Crippen LogP contribution in [0.4, 0.5) is 0 Å². The van der Waals surface area contributed by atoms with E-state index in [9.17, 15) is 0 Å². The molecule has 2 rings (SSSR count). The quantitative estimate of drug-likeness (QED) is 0.878. The van der Waals surface area contributed by atoms with E-state index in [0.717, 1.165) is 55.4 Å². The third-order valence-electron chi connectivity index (χ3n) is 4.21. The summed E-state index contributed by atoms with van der Waals surface area (Å²) in [4.78, 5) is 2.46. The van der Waals surface area contributed by atoms with Crippen molar-refractivity contribution in [2.45, 2.75) is 52.6 Å². The zero-order valence-electron chi connectivity index (χ0n) is 12.6. The molecular formula is C15H26ClN3O. The molecule has 2 heterocycles. The van der Waals surface area contributed by atoms with Gasteiger partial charge in [0, 0.05) is 26.2 Å². The Morgan fingerprint density at radius 2 is 2.20 bits per heavy atom. The first-order valence-electron chi connectivity index (χ1n) is 7.76. The fourth-order valence-corrected chi connectivity index (χ4v) is 3.42. The van der Waals surface area contributed by atoms with Crippen molar-refractivity contribution in [3.8, 4) is 0 Å². The molecule has 0 amide bonds. The number of rotatable bonds is 6. The molecule has 0 spiro atoms. The number of aryl methyl sites for hydroxylation is 2. The summed E-state index contributed by atoms with van der Waals surface area (Å²) in [5.74, 6) is 0.621. The van der Waals surface area contributed by atoms with Gasteiger partial charge in [0.05, 0.1) is 16.4 Å². The van der Waals surface area contributed by atoms with Crippen LogP contribution in [-0.2, 0) is 19.5 Å². The number of aliphatic hydroxyl groups excluding tert-OH is 1. The summed E-state index contributed by atoms with van der Waals surface area (Å²) in [5, 5.41) is 14.5. The number of aliphatic hydroxyl groups is 1. The van der Waals surface area contributed by atoms with Crippen LogP contribution >= 0.6 is 11.6 Å². The van der Waals surface area contributed by atoms with Gasteiger partial charge >= 0.3 is 0 Å². The highest BCUT2D eigenvalue weighted by Gasteiger charge is 2.22. The van der Waals surface area contributed by atoms with Crippen molar-refractivity contribution in [1.82, 2.24) is 14.7 Å². The Balaban J connectivity index is 2.07. The van der Waals surface area contributed by atoms with Crippen LogP contribution < -0.4 is 0 Å². The number of nitrogens with zero attached hydrogens (tertiary/aromatic N) is 3. The van der Waals surface area contributed by atoms with Gasteiger partial charge in [0.1, 0.15) is 0 Å². The van der Waals surface area contributed by atoms with E-state index < -0.39 is 0 Å². The Bertz CT molecular complexity index is 431. The number of aromatic nitrogens is 2. The molecule has 0 aromatic carbocycles. The molecule has 1 N–H and O–H groups in total. The molecule has 1 aromatic heterocycles. The van der Waals surface area contributed by atoms with Crippen molar-refractivity contribution < 1.29 is 5.11 Å². The summed E-state index contributed by atoms with van der Waals surface area (Å²) in [6.45, 7) is 8.42. The molecule has 0 radical (unpaired) electrons. The van der Waals surface area contributed by atoms with Gasteiger partial charge in [-0.15, -0.1) is 0 Å². The van der Waals surface area contributed by atoms with Gasteiger partial charge in [-0.1, -0.05) is 18.5 Å². The van der Waals surface area contributed by atoms with E-state index in [2.05, 4.69) is 23.8 Å². The van der Waals surface area contributed by atoms with Gasteiger partial charge in [-0.05, 0) is 45.1 Å². The number of likely N-dealkylation sites (tertiary alicyclic amines) is 1. The summed E-state index contributed by atoms with van der Waals surface area (Å²) in [6, 6.07) is 0. The summed E-state index contributed by atoms with van der Waals surface area (Å²) in [7, 11) is 0. The lowest BCUT2D eigenvalue weighted by Gasteiger charge is -2.32. The number of halogens is 1. The monoisotopic (exact) mass is 299 g/mol. The maximum absolute atomic E-state index is 9.10. The summed E-state index contributed by atoms with van der Waals surface area (Å²) in [5.41, 5.74) is 2.16. The normalized spacial score (nSPS) is 20.5. The molecule has 0 bridgehead atoms. The third-order valence-corrected chi connectivity index (χ3v) is 4.64. The van der Waals surface area contributed by atoms with Crippen molar-refractivity contribution >= 4 is 11.6 Å². The zero-order chi connectivity index (χ0) is 14.5. The molecule has 0 saturated carbocycles. The molecule has 1 aliphatic heterocycles. The van der Waals surface area contributed by atoms with Crippen LogP contribution in [0.3, 0.4) is 0 Å². The van der Waals surface area contributed by atoms with Crippen LogP contribution in [0.15, 0.2) is 0 Å². The molecule has 1 unspecified atom stereocenters. The van der Waals surface area contributed by atoms with E-state index >= 15 is 0 Å². The minimum absolute atomic E-state index is 0.298. The summed E-state index contributed by atoms with van der Waals surface area (Å²) >= 11 is 6.48. The van der Waals surface area contributed by atoms with Crippen LogP contribution in [0.1, 0.15) is 44.5 Å². The van der Waals surface area contributed by atoms with E-state index in [-0.39, 0.29) is 0 Å². The van der Waals surface area contributed by atoms with Crippen LogP contribution in [0.5, 0.6) is 0 Å². The Morgan fingerprint density at radius 1 is 1.40 bits per heavy atom. The molecule has 1 saturated heterocycles. The van der Waals surface area contributed by atoms with Gasteiger partial charge in [-0.25, -0.2) is 0 Å². The van der Waals surface area contributed by atoms with Crippen LogP contribution in [0, 0.1) is 5.92 Å². The zero-order valence-corrected chi connectivity index (χ0v) is 13.4. The molecule has 1 fully saturated rings. The van der Waals surface area contributed by atoms with E-state index in [1.807, 2.05) is 4.68 Å². The van der Waals surface area contributed by atoms with Gasteiger partial charge in [-0.2, -0.15) is 5.10 Å².